The highest BCUT2D eigenvalue weighted by atomic mass is 32.2. The lowest BCUT2D eigenvalue weighted by Crippen LogP contribution is -2.47. The van der Waals surface area contributed by atoms with Gasteiger partial charge in [-0.25, -0.2) is 8.42 Å². The number of methoxy groups -OCH3 is 1. The molecule has 0 amide bonds. The summed E-state index contributed by atoms with van der Waals surface area (Å²) in [5, 5.41) is 8.67. The second-order valence-corrected chi connectivity index (χ2v) is 6.03. The summed E-state index contributed by atoms with van der Waals surface area (Å²) >= 11 is 0. The molecular formula is C9H19NO4S. The van der Waals surface area contributed by atoms with Crippen LogP contribution < -0.4 is 0 Å². The number of ether oxygens (including phenoxy) is 1. The predicted molar refractivity (Wildman–Crippen MR) is 57.0 cm³/mol. The summed E-state index contributed by atoms with van der Waals surface area (Å²) < 4.78 is 30.0. The van der Waals surface area contributed by atoms with E-state index in [0.717, 1.165) is 6.42 Å². The molecule has 1 heterocycles. The van der Waals surface area contributed by atoms with Crippen LogP contribution in [0.5, 0.6) is 0 Å². The van der Waals surface area contributed by atoms with Crippen molar-refractivity contribution in [2.75, 3.05) is 32.6 Å². The molecule has 0 spiro atoms. The predicted octanol–water partition coefficient (Wildman–Crippen LogP) is -0.335. The van der Waals surface area contributed by atoms with Gasteiger partial charge in [-0.3, -0.25) is 0 Å². The van der Waals surface area contributed by atoms with Gasteiger partial charge in [0.15, 0.2) is 0 Å². The highest BCUT2D eigenvalue weighted by Gasteiger charge is 2.32. The number of nitrogens with zero attached hydrogens (tertiary/aromatic N) is 1. The summed E-state index contributed by atoms with van der Waals surface area (Å²) in [6, 6.07) is 0. The fourth-order valence-electron chi connectivity index (χ4n) is 1.81. The Morgan fingerprint density at radius 3 is 2.73 bits per heavy atom. The van der Waals surface area contributed by atoms with Crippen molar-refractivity contribution in [2.45, 2.75) is 19.4 Å². The molecule has 0 bridgehead atoms. The van der Waals surface area contributed by atoms with Crippen LogP contribution in [0.1, 0.15) is 13.3 Å². The molecule has 90 valence electrons. The van der Waals surface area contributed by atoms with Crippen LogP contribution in [0, 0.1) is 5.92 Å². The Bertz CT molecular complexity index is 290. The molecule has 1 fully saturated rings. The molecule has 1 rings (SSSR count). The zero-order chi connectivity index (χ0) is 11.5. The lowest BCUT2D eigenvalue weighted by molar-refractivity contribution is 0.0183. The Morgan fingerprint density at radius 1 is 1.53 bits per heavy atom. The van der Waals surface area contributed by atoms with Crippen molar-refractivity contribution in [1.82, 2.24) is 4.31 Å². The van der Waals surface area contributed by atoms with E-state index < -0.39 is 10.0 Å². The van der Waals surface area contributed by atoms with Crippen LogP contribution in [-0.4, -0.2) is 56.5 Å². The van der Waals surface area contributed by atoms with E-state index in [4.69, 9.17) is 9.84 Å². The summed E-state index contributed by atoms with van der Waals surface area (Å²) in [4.78, 5) is 0. The molecule has 5 nitrogen and oxygen atoms in total. The molecule has 1 saturated heterocycles. The highest BCUT2D eigenvalue weighted by Crippen LogP contribution is 2.21. The molecular weight excluding hydrogens is 218 g/mol. The van der Waals surface area contributed by atoms with Gasteiger partial charge in [0, 0.05) is 20.2 Å². The molecule has 0 aromatic rings. The highest BCUT2D eigenvalue weighted by molar-refractivity contribution is 7.89. The van der Waals surface area contributed by atoms with E-state index in [9.17, 15) is 8.42 Å². The van der Waals surface area contributed by atoms with Crippen LogP contribution >= 0.6 is 0 Å². The van der Waals surface area contributed by atoms with Crippen LogP contribution in [0.3, 0.4) is 0 Å². The summed E-state index contributed by atoms with van der Waals surface area (Å²) in [6.07, 6.45) is 0.774. The summed E-state index contributed by atoms with van der Waals surface area (Å²) in [6.45, 7) is 2.67. The quantitative estimate of drug-likeness (QED) is 0.727. The Morgan fingerprint density at radius 2 is 2.20 bits per heavy atom. The Kier molecular flexibility index (Phi) is 4.51. The van der Waals surface area contributed by atoms with Gasteiger partial charge < -0.3 is 9.84 Å². The normalized spacial score (nSPS) is 29.3. The molecule has 2 unspecified atom stereocenters. The van der Waals surface area contributed by atoms with Gasteiger partial charge in [-0.2, -0.15) is 4.31 Å². The fourth-order valence-corrected chi connectivity index (χ4v) is 3.06. The second-order valence-electron chi connectivity index (χ2n) is 3.94. The van der Waals surface area contributed by atoms with E-state index in [2.05, 4.69) is 6.92 Å². The van der Waals surface area contributed by atoms with E-state index >= 15 is 0 Å². The number of sulfonamides is 1. The molecule has 0 aromatic carbocycles. The number of aliphatic hydroxyl groups is 1. The van der Waals surface area contributed by atoms with Gasteiger partial charge in [0.05, 0.1) is 18.5 Å². The first-order valence-corrected chi connectivity index (χ1v) is 6.73. The van der Waals surface area contributed by atoms with Crippen LogP contribution in [0.25, 0.3) is 0 Å². The lowest BCUT2D eigenvalue weighted by Gasteiger charge is -2.35. The summed E-state index contributed by atoms with van der Waals surface area (Å²) in [7, 11) is -1.70. The second kappa shape index (κ2) is 5.25. The average Bonchev–Trinajstić information content (AvgIpc) is 2.18. The molecule has 2 atom stereocenters. The number of rotatable bonds is 4. The maximum atomic E-state index is 11.7. The van der Waals surface area contributed by atoms with Crippen LogP contribution in [0.4, 0.5) is 0 Å². The van der Waals surface area contributed by atoms with E-state index in [1.165, 1.54) is 4.31 Å². The molecule has 0 aliphatic carbocycles. The van der Waals surface area contributed by atoms with Crippen LogP contribution in [-0.2, 0) is 14.8 Å². The third-order valence-electron chi connectivity index (χ3n) is 2.90. The van der Waals surface area contributed by atoms with Crippen LogP contribution in [0.15, 0.2) is 0 Å². The van der Waals surface area contributed by atoms with Crippen molar-refractivity contribution in [1.29, 1.82) is 0 Å². The smallest absolute Gasteiger partial charge is 0.216 e. The fraction of sp³-hybridized carbons (Fsp3) is 1.00. The standard InChI is InChI=1S/C9H19NO4S/c1-8-3-4-10(7-9(8)14-2)15(12,13)6-5-11/h8-9,11H,3-7H2,1-2H3. The van der Waals surface area contributed by atoms with Crippen molar-refractivity contribution in [3.05, 3.63) is 0 Å². The molecule has 0 saturated carbocycles. The molecule has 15 heavy (non-hydrogen) atoms. The zero-order valence-electron chi connectivity index (χ0n) is 9.22. The van der Waals surface area contributed by atoms with Crippen molar-refractivity contribution >= 4 is 10.0 Å². The SMILES string of the molecule is COC1CN(S(=O)(=O)CCO)CCC1C. The monoisotopic (exact) mass is 237 g/mol. The number of piperidine rings is 1. The van der Waals surface area contributed by atoms with Gasteiger partial charge in [0.1, 0.15) is 0 Å². The van der Waals surface area contributed by atoms with Gasteiger partial charge in [0.2, 0.25) is 10.0 Å². The van der Waals surface area contributed by atoms with E-state index in [0.29, 0.717) is 19.0 Å². The van der Waals surface area contributed by atoms with Crippen molar-refractivity contribution < 1.29 is 18.3 Å². The maximum absolute atomic E-state index is 11.7. The summed E-state index contributed by atoms with van der Waals surface area (Å²) in [5.41, 5.74) is 0. The third-order valence-corrected chi connectivity index (χ3v) is 4.71. The Hall–Kier alpha value is -0.170. The maximum Gasteiger partial charge on any atom is 0.216 e. The van der Waals surface area contributed by atoms with Crippen molar-refractivity contribution in [3.8, 4) is 0 Å². The zero-order valence-corrected chi connectivity index (χ0v) is 10.0. The van der Waals surface area contributed by atoms with Gasteiger partial charge in [-0.1, -0.05) is 6.92 Å². The van der Waals surface area contributed by atoms with E-state index in [1.807, 2.05) is 0 Å². The molecule has 1 aliphatic rings. The largest absolute Gasteiger partial charge is 0.395 e. The minimum atomic E-state index is -3.30. The first-order valence-electron chi connectivity index (χ1n) is 5.12. The topological polar surface area (TPSA) is 66.8 Å². The first kappa shape index (κ1) is 12.9. The third kappa shape index (κ3) is 3.14. The molecule has 1 N–H and O–H groups in total. The molecule has 1 aliphatic heterocycles. The van der Waals surface area contributed by atoms with Crippen molar-refractivity contribution in [2.24, 2.45) is 5.92 Å². The lowest BCUT2D eigenvalue weighted by atomic mass is 9.97. The van der Waals surface area contributed by atoms with Gasteiger partial charge in [-0.05, 0) is 12.3 Å². The minimum absolute atomic E-state index is 0.0350. The van der Waals surface area contributed by atoms with Gasteiger partial charge in [0.25, 0.3) is 0 Å². The van der Waals surface area contributed by atoms with Gasteiger partial charge in [-0.15, -0.1) is 0 Å². The summed E-state index contributed by atoms with van der Waals surface area (Å²) in [5.74, 6) is 0.188. The van der Waals surface area contributed by atoms with Gasteiger partial charge >= 0.3 is 0 Å². The Balaban J connectivity index is 2.66. The average molecular weight is 237 g/mol. The minimum Gasteiger partial charge on any atom is -0.395 e. The first-order chi connectivity index (χ1) is 7.01. The molecule has 6 heteroatoms. The number of aliphatic hydroxyl groups excluding tert-OH is 1. The Labute approximate surface area is 91.1 Å². The van der Waals surface area contributed by atoms with E-state index in [1.54, 1.807) is 7.11 Å². The van der Waals surface area contributed by atoms with Crippen molar-refractivity contribution in [3.63, 3.8) is 0 Å². The molecule has 0 aromatic heterocycles. The molecule has 0 radical (unpaired) electrons. The van der Waals surface area contributed by atoms with Crippen LogP contribution in [0.2, 0.25) is 0 Å². The number of hydrogen-bond acceptors (Lipinski definition) is 4. The van der Waals surface area contributed by atoms with E-state index in [-0.39, 0.29) is 18.5 Å². The number of hydrogen-bond donors (Lipinski definition) is 1.